The molecule has 1 amide bonds. The number of primary amides is 1. The molecule has 0 bridgehead atoms. The maximum atomic E-state index is 10.6. The van der Waals surface area contributed by atoms with Gasteiger partial charge in [0.2, 0.25) is 0 Å². The predicted molar refractivity (Wildman–Crippen MR) is 50.6 cm³/mol. The number of carbonyl (C=O) groups excluding carboxylic acids is 1. The van der Waals surface area contributed by atoms with Crippen molar-refractivity contribution in [1.82, 2.24) is 0 Å². The third kappa shape index (κ3) is 1.51. The first kappa shape index (κ1) is 8.87. The standard InChI is InChI=1S/C10H11NO3/c1-6-4-7-2-3-13-9(7)8(5-6)14-10(11)12/h4-5H,2-3H2,1H3,(H2,11,12). The average Bonchev–Trinajstić information content (AvgIpc) is 2.50. The van der Waals surface area contributed by atoms with E-state index in [-0.39, 0.29) is 0 Å². The van der Waals surface area contributed by atoms with Gasteiger partial charge in [-0.2, -0.15) is 0 Å². The van der Waals surface area contributed by atoms with Crippen LogP contribution in [-0.2, 0) is 6.42 Å². The molecule has 14 heavy (non-hydrogen) atoms. The van der Waals surface area contributed by atoms with Crippen molar-refractivity contribution in [2.24, 2.45) is 5.73 Å². The molecule has 0 radical (unpaired) electrons. The number of ether oxygens (including phenoxy) is 2. The molecule has 0 atom stereocenters. The number of hydrogen-bond donors (Lipinski definition) is 1. The normalized spacial score (nSPS) is 13.2. The van der Waals surface area contributed by atoms with Gasteiger partial charge in [0.1, 0.15) is 0 Å². The molecular formula is C10H11NO3. The Hall–Kier alpha value is -1.71. The molecule has 0 saturated heterocycles. The van der Waals surface area contributed by atoms with Crippen LogP contribution in [0.2, 0.25) is 0 Å². The molecule has 1 heterocycles. The molecule has 0 aliphatic carbocycles. The molecule has 4 heteroatoms. The van der Waals surface area contributed by atoms with Crippen molar-refractivity contribution >= 4 is 6.09 Å². The number of aryl methyl sites for hydroxylation is 1. The fourth-order valence-corrected chi connectivity index (χ4v) is 1.61. The molecule has 1 aromatic carbocycles. The fraction of sp³-hybridized carbons (Fsp3) is 0.300. The predicted octanol–water partition coefficient (Wildman–Crippen LogP) is 1.39. The second kappa shape index (κ2) is 3.21. The van der Waals surface area contributed by atoms with Crippen LogP contribution in [0.1, 0.15) is 11.1 Å². The molecule has 0 saturated carbocycles. The van der Waals surface area contributed by atoms with Gasteiger partial charge in [-0.3, -0.25) is 0 Å². The monoisotopic (exact) mass is 193 g/mol. The lowest BCUT2D eigenvalue weighted by Crippen LogP contribution is -2.16. The van der Waals surface area contributed by atoms with Crippen LogP contribution in [-0.4, -0.2) is 12.7 Å². The van der Waals surface area contributed by atoms with Crippen LogP contribution in [0.4, 0.5) is 4.79 Å². The summed E-state index contributed by atoms with van der Waals surface area (Å²) in [6, 6.07) is 3.77. The van der Waals surface area contributed by atoms with Crippen molar-refractivity contribution < 1.29 is 14.3 Å². The van der Waals surface area contributed by atoms with Crippen LogP contribution in [0.15, 0.2) is 12.1 Å². The lowest BCUT2D eigenvalue weighted by atomic mass is 10.1. The fourth-order valence-electron chi connectivity index (χ4n) is 1.61. The van der Waals surface area contributed by atoms with Gasteiger partial charge in [0.05, 0.1) is 6.61 Å². The van der Waals surface area contributed by atoms with E-state index in [0.29, 0.717) is 18.1 Å². The van der Waals surface area contributed by atoms with Crippen molar-refractivity contribution in [3.8, 4) is 11.5 Å². The Morgan fingerprint density at radius 3 is 3.07 bits per heavy atom. The topological polar surface area (TPSA) is 61.5 Å². The molecule has 74 valence electrons. The van der Waals surface area contributed by atoms with Gasteiger partial charge >= 0.3 is 6.09 Å². The molecule has 4 nitrogen and oxygen atoms in total. The summed E-state index contributed by atoms with van der Waals surface area (Å²) in [5.74, 6) is 1.07. The Morgan fingerprint density at radius 2 is 2.36 bits per heavy atom. The van der Waals surface area contributed by atoms with Crippen molar-refractivity contribution in [1.29, 1.82) is 0 Å². The molecule has 1 aliphatic rings. The highest BCUT2D eigenvalue weighted by molar-refractivity contribution is 5.70. The quantitative estimate of drug-likeness (QED) is 0.733. The van der Waals surface area contributed by atoms with Gasteiger partial charge in [-0.1, -0.05) is 6.07 Å². The molecule has 2 N–H and O–H groups in total. The first-order chi connectivity index (χ1) is 6.66. The third-order valence-corrected chi connectivity index (χ3v) is 2.10. The van der Waals surface area contributed by atoms with Crippen molar-refractivity contribution in [2.45, 2.75) is 13.3 Å². The Morgan fingerprint density at radius 1 is 1.57 bits per heavy atom. The summed E-state index contributed by atoms with van der Waals surface area (Å²) in [5.41, 5.74) is 7.06. The lowest BCUT2D eigenvalue weighted by molar-refractivity contribution is 0.208. The number of benzene rings is 1. The molecular weight excluding hydrogens is 182 g/mol. The molecule has 1 aliphatic heterocycles. The highest BCUT2D eigenvalue weighted by atomic mass is 16.6. The minimum absolute atomic E-state index is 0.421. The zero-order chi connectivity index (χ0) is 10.1. The first-order valence-electron chi connectivity index (χ1n) is 4.40. The van der Waals surface area contributed by atoms with E-state index in [1.165, 1.54) is 0 Å². The van der Waals surface area contributed by atoms with Crippen LogP contribution in [0.3, 0.4) is 0 Å². The van der Waals surface area contributed by atoms with E-state index >= 15 is 0 Å². The van der Waals surface area contributed by atoms with E-state index in [1.54, 1.807) is 6.07 Å². The summed E-state index contributed by atoms with van der Waals surface area (Å²) < 4.78 is 10.2. The maximum absolute atomic E-state index is 10.6. The SMILES string of the molecule is Cc1cc2c(c(OC(N)=O)c1)OCC2. The van der Waals surface area contributed by atoms with Gasteiger partial charge < -0.3 is 15.2 Å². The minimum Gasteiger partial charge on any atom is -0.489 e. The van der Waals surface area contributed by atoms with Gasteiger partial charge in [0, 0.05) is 12.0 Å². The first-order valence-corrected chi connectivity index (χ1v) is 4.40. The van der Waals surface area contributed by atoms with E-state index < -0.39 is 6.09 Å². The number of fused-ring (bicyclic) bond motifs is 1. The molecule has 2 rings (SSSR count). The number of rotatable bonds is 1. The second-order valence-electron chi connectivity index (χ2n) is 3.27. The van der Waals surface area contributed by atoms with Crippen LogP contribution in [0, 0.1) is 6.92 Å². The van der Waals surface area contributed by atoms with E-state index in [1.807, 2.05) is 13.0 Å². The zero-order valence-corrected chi connectivity index (χ0v) is 7.87. The number of hydrogen-bond acceptors (Lipinski definition) is 3. The van der Waals surface area contributed by atoms with Gasteiger partial charge in [0.25, 0.3) is 0 Å². The van der Waals surface area contributed by atoms with Crippen LogP contribution < -0.4 is 15.2 Å². The Labute approximate surface area is 81.6 Å². The van der Waals surface area contributed by atoms with Gasteiger partial charge in [-0.05, 0) is 18.6 Å². The summed E-state index contributed by atoms with van der Waals surface area (Å²) in [7, 11) is 0. The average molecular weight is 193 g/mol. The zero-order valence-electron chi connectivity index (χ0n) is 7.87. The Bertz CT molecular complexity index is 387. The lowest BCUT2D eigenvalue weighted by Gasteiger charge is -2.07. The largest absolute Gasteiger partial charge is 0.489 e. The Balaban J connectivity index is 2.43. The van der Waals surface area contributed by atoms with Crippen LogP contribution in [0.5, 0.6) is 11.5 Å². The summed E-state index contributed by atoms with van der Waals surface area (Å²) in [6.45, 7) is 2.57. The molecule has 0 spiro atoms. The number of carbonyl (C=O) groups is 1. The number of nitrogens with two attached hydrogens (primary N) is 1. The molecule has 0 unspecified atom stereocenters. The van der Waals surface area contributed by atoms with Crippen LogP contribution in [0.25, 0.3) is 0 Å². The molecule has 0 aromatic heterocycles. The van der Waals surface area contributed by atoms with E-state index in [9.17, 15) is 4.79 Å². The van der Waals surface area contributed by atoms with E-state index in [4.69, 9.17) is 15.2 Å². The van der Waals surface area contributed by atoms with Gasteiger partial charge in [0.15, 0.2) is 11.5 Å². The Kier molecular flexibility index (Phi) is 2.04. The summed E-state index contributed by atoms with van der Waals surface area (Å²) in [5, 5.41) is 0. The van der Waals surface area contributed by atoms with Crippen LogP contribution >= 0.6 is 0 Å². The summed E-state index contributed by atoms with van der Waals surface area (Å²) >= 11 is 0. The summed E-state index contributed by atoms with van der Waals surface area (Å²) in [6.07, 6.45) is 0.0415. The molecule has 0 fully saturated rings. The van der Waals surface area contributed by atoms with Gasteiger partial charge in [-0.25, -0.2) is 4.79 Å². The highest BCUT2D eigenvalue weighted by Crippen LogP contribution is 2.36. The smallest absolute Gasteiger partial charge is 0.410 e. The van der Waals surface area contributed by atoms with E-state index in [0.717, 1.165) is 17.5 Å². The third-order valence-electron chi connectivity index (χ3n) is 2.10. The van der Waals surface area contributed by atoms with Gasteiger partial charge in [-0.15, -0.1) is 0 Å². The maximum Gasteiger partial charge on any atom is 0.410 e. The highest BCUT2D eigenvalue weighted by Gasteiger charge is 2.19. The van der Waals surface area contributed by atoms with Crippen molar-refractivity contribution in [3.05, 3.63) is 23.3 Å². The molecule has 1 aromatic rings. The van der Waals surface area contributed by atoms with Crippen molar-refractivity contribution in [2.75, 3.05) is 6.61 Å². The van der Waals surface area contributed by atoms with Crippen molar-refractivity contribution in [3.63, 3.8) is 0 Å². The summed E-state index contributed by atoms with van der Waals surface area (Å²) in [4.78, 5) is 10.6. The number of amides is 1. The van der Waals surface area contributed by atoms with E-state index in [2.05, 4.69) is 0 Å². The second-order valence-corrected chi connectivity index (χ2v) is 3.27. The minimum atomic E-state index is -0.812.